The van der Waals surface area contributed by atoms with Crippen LogP contribution in [-0.2, 0) is 0 Å². The minimum Gasteiger partial charge on any atom is -0.330 e. The Morgan fingerprint density at radius 1 is 1.44 bits per heavy atom. The lowest BCUT2D eigenvalue weighted by molar-refractivity contribution is 0.559. The van der Waals surface area contributed by atoms with E-state index in [9.17, 15) is 0 Å². The zero-order valence-corrected chi connectivity index (χ0v) is 9.72. The number of nitrogens with zero attached hydrogens (tertiary/aromatic N) is 2. The van der Waals surface area contributed by atoms with Crippen molar-refractivity contribution in [2.24, 2.45) is 17.1 Å². The van der Waals surface area contributed by atoms with Crippen molar-refractivity contribution in [2.45, 2.75) is 19.8 Å². The van der Waals surface area contributed by atoms with E-state index in [0.29, 0.717) is 17.3 Å². The fourth-order valence-corrected chi connectivity index (χ4v) is 3.00. The lowest BCUT2D eigenvalue weighted by atomic mass is 10.0. The van der Waals surface area contributed by atoms with Gasteiger partial charge in [0.1, 0.15) is 0 Å². The molecule has 3 heteroatoms. The molecular weight excluding hydrogens is 198 g/mol. The molecular formula is C13H17N3. The van der Waals surface area contributed by atoms with Crippen LogP contribution in [0.1, 0.15) is 25.3 Å². The number of aromatic nitrogens is 2. The minimum absolute atomic E-state index is 0.327. The first kappa shape index (κ1) is 9.85. The molecule has 2 N–H and O–H groups in total. The summed E-state index contributed by atoms with van der Waals surface area (Å²) >= 11 is 0. The van der Waals surface area contributed by atoms with Gasteiger partial charge >= 0.3 is 0 Å². The molecule has 0 saturated heterocycles. The molecule has 2 aromatic rings. The molecule has 0 unspecified atom stereocenters. The molecule has 0 spiro atoms. The summed E-state index contributed by atoms with van der Waals surface area (Å²) < 4.78 is 1.94. The third-order valence-electron chi connectivity index (χ3n) is 4.10. The number of fused-ring (bicyclic) bond motifs is 1. The van der Waals surface area contributed by atoms with Crippen LogP contribution in [0.3, 0.4) is 0 Å². The van der Waals surface area contributed by atoms with Crippen molar-refractivity contribution in [3.63, 3.8) is 0 Å². The van der Waals surface area contributed by atoms with Crippen LogP contribution in [0.25, 0.3) is 5.52 Å². The molecule has 1 aliphatic carbocycles. The molecule has 0 radical (unpaired) electrons. The van der Waals surface area contributed by atoms with E-state index in [1.165, 1.54) is 11.1 Å². The lowest BCUT2D eigenvalue weighted by Gasteiger charge is -2.00. The summed E-state index contributed by atoms with van der Waals surface area (Å²) in [6.45, 7) is 5.35. The number of hydrogen-bond acceptors (Lipinski definition) is 2. The average Bonchev–Trinajstić information content (AvgIpc) is 2.66. The molecule has 1 fully saturated rings. The van der Waals surface area contributed by atoms with Gasteiger partial charge in [0, 0.05) is 11.8 Å². The van der Waals surface area contributed by atoms with Crippen LogP contribution in [0.2, 0.25) is 0 Å². The Kier molecular flexibility index (Phi) is 1.89. The van der Waals surface area contributed by atoms with Gasteiger partial charge in [-0.15, -0.1) is 0 Å². The van der Waals surface area contributed by atoms with E-state index in [1.54, 1.807) is 0 Å². The SMILES string of the molecule is CC1(C)[C@H](CN)[C@H]1c1cnn2ccccc12. The van der Waals surface area contributed by atoms with Crippen molar-refractivity contribution in [2.75, 3.05) is 6.54 Å². The Bertz CT molecular complexity index is 527. The van der Waals surface area contributed by atoms with E-state index >= 15 is 0 Å². The molecule has 1 saturated carbocycles. The van der Waals surface area contributed by atoms with Crippen LogP contribution in [0.4, 0.5) is 0 Å². The van der Waals surface area contributed by atoms with E-state index in [4.69, 9.17) is 5.73 Å². The second kappa shape index (κ2) is 3.08. The smallest absolute Gasteiger partial charge is 0.0696 e. The predicted octanol–water partition coefficient (Wildman–Crippen LogP) is 2.03. The van der Waals surface area contributed by atoms with Crippen LogP contribution >= 0.6 is 0 Å². The third kappa shape index (κ3) is 1.15. The summed E-state index contributed by atoms with van der Waals surface area (Å²) in [5.74, 6) is 1.16. The molecule has 0 aliphatic heterocycles. The zero-order chi connectivity index (χ0) is 11.3. The number of nitrogens with two attached hydrogens (primary N) is 1. The molecule has 2 atom stereocenters. The maximum atomic E-state index is 5.82. The van der Waals surface area contributed by atoms with Crippen molar-refractivity contribution in [3.05, 3.63) is 36.2 Å². The standard InChI is InChI=1S/C13H17N3/c1-13(2)10(7-14)12(13)9-8-15-16-6-4-3-5-11(9)16/h3-6,8,10,12H,7,14H2,1-2H3/t10-,12-/m1/s1. The van der Waals surface area contributed by atoms with Gasteiger partial charge in [0.05, 0.1) is 11.7 Å². The monoisotopic (exact) mass is 215 g/mol. The highest BCUT2D eigenvalue weighted by molar-refractivity contribution is 5.58. The fourth-order valence-electron chi connectivity index (χ4n) is 3.00. The fraction of sp³-hybridized carbons (Fsp3) is 0.462. The van der Waals surface area contributed by atoms with Crippen LogP contribution in [-0.4, -0.2) is 16.2 Å². The van der Waals surface area contributed by atoms with E-state index in [2.05, 4.69) is 31.1 Å². The Morgan fingerprint density at radius 2 is 2.25 bits per heavy atom. The molecule has 2 aromatic heterocycles. The van der Waals surface area contributed by atoms with Crippen molar-refractivity contribution in [1.82, 2.24) is 9.61 Å². The average molecular weight is 215 g/mol. The Hall–Kier alpha value is -1.35. The van der Waals surface area contributed by atoms with Gasteiger partial charge in [0.25, 0.3) is 0 Å². The zero-order valence-electron chi connectivity index (χ0n) is 9.72. The normalized spacial score (nSPS) is 27.2. The summed E-state index contributed by atoms with van der Waals surface area (Å²) in [4.78, 5) is 0. The quantitative estimate of drug-likeness (QED) is 0.833. The number of pyridine rings is 1. The third-order valence-corrected chi connectivity index (χ3v) is 4.10. The van der Waals surface area contributed by atoms with Gasteiger partial charge in [-0.3, -0.25) is 0 Å². The van der Waals surface area contributed by atoms with Crippen LogP contribution < -0.4 is 5.73 Å². The Morgan fingerprint density at radius 3 is 2.94 bits per heavy atom. The summed E-state index contributed by atoms with van der Waals surface area (Å²) in [5, 5.41) is 4.39. The highest BCUT2D eigenvalue weighted by Crippen LogP contribution is 2.64. The lowest BCUT2D eigenvalue weighted by Crippen LogP contribution is -2.05. The van der Waals surface area contributed by atoms with Gasteiger partial charge < -0.3 is 5.73 Å². The van der Waals surface area contributed by atoms with Crippen molar-refractivity contribution >= 4 is 5.52 Å². The summed E-state index contributed by atoms with van der Waals surface area (Å²) in [7, 11) is 0. The van der Waals surface area contributed by atoms with Gasteiger partial charge in [0.15, 0.2) is 0 Å². The predicted molar refractivity (Wildman–Crippen MR) is 64.3 cm³/mol. The topological polar surface area (TPSA) is 43.3 Å². The maximum absolute atomic E-state index is 5.82. The molecule has 0 aromatic carbocycles. The second-order valence-corrected chi connectivity index (χ2v) is 5.27. The Labute approximate surface area is 95.3 Å². The highest BCUT2D eigenvalue weighted by Gasteiger charge is 2.58. The molecule has 84 valence electrons. The van der Waals surface area contributed by atoms with Crippen molar-refractivity contribution < 1.29 is 0 Å². The van der Waals surface area contributed by atoms with E-state index in [-0.39, 0.29) is 0 Å². The first-order chi connectivity index (χ1) is 7.66. The van der Waals surface area contributed by atoms with Crippen molar-refractivity contribution in [3.8, 4) is 0 Å². The van der Waals surface area contributed by atoms with Gasteiger partial charge in [-0.1, -0.05) is 19.9 Å². The van der Waals surface area contributed by atoms with Gasteiger partial charge in [-0.25, -0.2) is 4.52 Å². The number of rotatable bonds is 2. The molecule has 16 heavy (non-hydrogen) atoms. The maximum Gasteiger partial charge on any atom is 0.0696 e. The van der Waals surface area contributed by atoms with Gasteiger partial charge in [-0.2, -0.15) is 5.10 Å². The largest absolute Gasteiger partial charge is 0.330 e. The van der Waals surface area contributed by atoms with E-state index in [0.717, 1.165) is 6.54 Å². The van der Waals surface area contributed by atoms with E-state index in [1.807, 2.05) is 23.0 Å². The molecule has 3 nitrogen and oxygen atoms in total. The molecule has 0 amide bonds. The van der Waals surface area contributed by atoms with Crippen molar-refractivity contribution in [1.29, 1.82) is 0 Å². The van der Waals surface area contributed by atoms with E-state index < -0.39 is 0 Å². The van der Waals surface area contributed by atoms with Gasteiger partial charge in [-0.05, 0) is 35.9 Å². The first-order valence-electron chi connectivity index (χ1n) is 5.78. The number of hydrogen-bond donors (Lipinski definition) is 1. The summed E-state index contributed by atoms with van der Waals surface area (Å²) in [5.41, 5.74) is 8.72. The minimum atomic E-state index is 0.327. The van der Waals surface area contributed by atoms with Crippen LogP contribution in [0.5, 0.6) is 0 Å². The highest BCUT2D eigenvalue weighted by atomic mass is 15.2. The summed E-state index contributed by atoms with van der Waals surface area (Å²) in [6.07, 6.45) is 3.99. The van der Waals surface area contributed by atoms with Gasteiger partial charge in [0.2, 0.25) is 0 Å². The molecule has 2 heterocycles. The first-order valence-corrected chi connectivity index (χ1v) is 5.78. The molecule has 0 bridgehead atoms. The summed E-state index contributed by atoms with van der Waals surface area (Å²) in [6, 6.07) is 6.19. The molecule has 3 rings (SSSR count). The Balaban J connectivity index is 2.08. The molecule has 1 aliphatic rings. The second-order valence-electron chi connectivity index (χ2n) is 5.27. The van der Waals surface area contributed by atoms with Crippen LogP contribution in [0, 0.1) is 11.3 Å². The van der Waals surface area contributed by atoms with Crippen LogP contribution in [0.15, 0.2) is 30.6 Å².